The highest BCUT2D eigenvalue weighted by Gasteiger charge is 2.06. The summed E-state index contributed by atoms with van der Waals surface area (Å²) in [6.07, 6.45) is 1.91. The Bertz CT molecular complexity index is 815. The van der Waals surface area contributed by atoms with Gasteiger partial charge < -0.3 is 10.1 Å². The standard InChI is InChI=1S/C18H16N2O2/c1-22-16-8-9-19-17(12-16)20-18(21)11-13-6-7-14-4-2-3-5-15(14)10-13/h2-10,12H,11H2,1H3,(H,19,20,21). The van der Waals surface area contributed by atoms with Gasteiger partial charge >= 0.3 is 0 Å². The molecule has 110 valence electrons. The van der Waals surface area contributed by atoms with Gasteiger partial charge in [0, 0.05) is 12.3 Å². The van der Waals surface area contributed by atoms with E-state index in [1.165, 1.54) is 5.39 Å². The lowest BCUT2D eigenvalue weighted by Gasteiger charge is -2.07. The molecule has 0 saturated heterocycles. The molecule has 3 rings (SSSR count). The number of benzene rings is 2. The molecule has 0 aliphatic heterocycles. The molecule has 0 aliphatic carbocycles. The number of rotatable bonds is 4. The molecule has 0 radical (unpaired) electrons. The molecule has 2 aromatic carbocycles. The summed E-state index contributed by atoms with van der Waals surface area (Å²) in [6.45, 7) is 0. The summed E-state index contributed by atoms with van der Waals surface area (Å²) in [7, 11) is 1.58. The van der Waals surface area contributed by atoms with Crippen molar-refractivity contribution in [2.45, 2.75) is 6.42 Å². The second-order valence-electron chi connectivity index (χ2n) is 4.99. The Morgan fingerprint density at radius 2 is 1.91 bits per heavy atom. The van der Waals surface area contributed by atoms with Crippen LogP contribution in [0.1, 0.15) is 5.56 Å². The van der Waals surface area contributed by atoms with E-state index in [2.05, 4.69) is 16.4 Å². The number of amides is 1. The molecule has 0 saturated carbocycles. The Hall–Kier alpha value is -2.88. The van der Waals surface area contributed by atoms with E-state index in [0.29, 0.717) is 18.0 Å². The van der Waals surface area contributed by atoms with Crippen molar-refractivity contribution in [1.82, 2.24) is 4.98 Å². The van der Waals surface area contributed by atoms with E-state index >= 15 is 0 Å². The van der Waals surface area contributed by atoms with Crippen molar-refractivity contribution >= 4 is 22.5 Å². The zero-order chi connectivity index (χ0) is 15.4. The predicted molar refractivity (Wildman–Crippen MR) is 87.1 cm³/mol. The minimum Gasteiger partial charge on any atom is -0.497 e. The van der Waals surface area contributed by atoms with Crippen molar-refractivity contribution in [1.29, 1.82) is 0 Å². The predicted octanol–water partition coefficient (Wildman–Crippen LogP) is 3.42. The molecular weight excluding hydrogens is 276 g/mol. The Balaban J connectivity index is 1.72. The number of ether oxygens (including phenoxy) is 1. The van der Waals surface area contributed by atoms with Crippen LogP contribution in [-0.2, 0) is 11.2 Å². The molecule has 4 nitrogen and oxygen atoms in total. The Morgan fingerprint density at radius 1 is 1.09 bits per heavy atom. The highest BCUT2D eigenvalue weighted by Crippen LogP contribution is 2.17. The molecule has 0 aliphatic rings. The Morgan fingerprint density at radius 3 is 2.73 bits per heavy atom. The van der Waals surface area contributed by atoms with Crippen LogP contribution < -0.4 is 10.1 Å². The molecule has 3 aromatic rings. The van der Waals surface area contributed by atoms with E-state index in [0.717, 1.165) is 10.9 Å². The molecule has 0 atom stereocenters. The first kappa shape index (κ1) is 14.1. The normalized spacial score (nSPS) is 10.4. The minimum atomic E-state index is -0.101. The number of pyridine rings is 1. The van der Waals surface area contributed by atoms with Gasteiger partial charge in [0.15, 0.2) is 0 Å². The van der Waals surface area contributed by atoms with Gasteiger partial charge in [0.25, 0.3) is 0 Å². The van der Waals surface area contributed by atoms with E-state index in [4.69, 9.17) is 4.74 Å². The van der Waals surface area contributed by atoms with Gasteiger partial charge in [-0.25, -0.2) is 4.98 Å². The maximum atomic E-state index is 12.1. The number of aromatic nitrogens is 1. The highest BCUT2D eigenvalue weighted by molar-refractivity contribution is 5.92. The molecule has 1 N–H and O–H groups in total. The van der Waals surface area contributed by atoms with Crippen LogP contribution in [0.4, 0.5) is 5.82 Å². The van der Waals surface area contributed by atoms with Gasteiger partial charge in [-0.1, -0.05) is 42.5 Å². The number of fused-ring (bicyclic) bond motifs is 1. The van der Waals surface area contributed by atoms with Gasteiger partial charge in [-0.3, -0.25) is 4.79 Å². The first-order valence-electron chi connectivity index (χ1n) is 7.02. The van der Waals surface area contributed by atoms with E-state index in [1.54, 1.807) is 25.4 Å². The van der Waals surface area contributed by atoms with E-state index in [9.17, 15) is 4.79 Å². The summed E-state index contributed by atoms with van der Waals surface area (Å²) in [5, 5.41) is 5.08. The monoisotopic (exact) mass is 292 g/mol. The number of methoxy groups -OCH3 is 1. The SMILES string of the molecule is COc1ccnc(NC(=O)Cc2ccc3ccccc3c2)c1. The second-order valence-corrected chi connectivity index (χ2v) is 4.99. The maximum absolute atomic E-state index is 12.1. The van der Waals surface area contributed by atoms with Crippen molar-refractivity contribution < 1.29 is 9.53 Å². The number of anilines is 1. The van der Waals surface area contributed by atoms with Gasteiger partial charge in [-0.15, -0.1) is 0 Å². The minimum absolute atomic E-state index is 0.101. The van der Waals surface area contributed by atoms with Crippen LogP contribution >= 0.6 is 0 Å². The fourth-order valence-electron chi connectivity index (χ4n) is 2.33. The number of nitrogens with zero attached hydrogens (tertiary/aromatic N) is 1. The smallest absolute Gasteiger partial charge is 0.229 e. The molecule has 0 spiro atoms. The Kier molecular flexibility index (Phi) is 4.01. The molecule has 0 bridgehead atoms. The molecule has 0 unspecified atom stereocenters. The van der Waals surface area contributed by atoms with E-state index in [1.807, 2.05) is 36.4 Å². The van der Waals surface area contributed by atoms with E-state index < -0.39 is 0 Å². The zero-order valence-electron chi connectivity index (χ0n) is 12.2. The average Bonchev–Trinajstić information content (AvgIpc) is 2.55. The third-order valence-electron chi connectivity index (χ3n) is 3.41. The highest BCUT2D eigenvalue weighted by atomic mass is 16.5. The summed E-state index contributed by atoms with van der Waals surface area (Å²) >= 11 is 0. The fraction of sp³-hybridized carbons (Fsp3) is 0.111. The largest absolute Gasteiger partial charge is 0.497 e. The zero-order valence-corrected chi connectivity index (χ0v) is 12.2. The van der Waals surface area contributed by atoms with Gasteiger partial charge in [0.1, 0.15) is 11.6 Å². The quantitative estimate of drug-likeness (QED) is 0.801. The molecular formula is C18H16N2O2. The summed E-state index contributed by atoms with van der Waals surface area (Å²) in [6, 6.07) is 17.6. The van der Waals surface area contributed by atoms with Crippen LogP contribution in [0.25, 0.3) is 10.8 Å². The molecule has 0 fully saturated rings. The number of carbonyl (C=O) groups excluding carboxylic acids is 1. The number of hydrogen-bond donors (Lipinski definition) is 1. The van der Waals surface area contributed by atoms with Crippen molar-refractivity contribution in [2.75, 3.05) is 12.4 Å². The lowest BCUT2D eigenvalue weighted by Crippen LogP contribution is -2.15. The molecule has 4 heteroatoms. The number of hydrogen-bond acceptors (Lipinski definition) is 3. The summed E-state index contributed by atoms with van der Waals surface area (Å²) in [5.74, 6) is 1.05. The average molecular weight is 292 g/mol. The van der Waals surface area contributed by atoms with Gasteiger partial charge in [-0.05, 0) is 22.4 Å². The van der Waals surface area contributed by atoms with Crippen LogP contribution in [0.3, 0.4) is 0 Å². The molecule has 1 heterocycles. The lowest BCUT2D eigenvalue weighted by molar-refractivity contribution is -0.115. The fourth-order valence-corrected chi connectivity index (χ4v) is 2.33. The summed E-state index contributed by atoms with van der Waals surface area (Å²) in [4.78, 5) is 16.2. The molecule has 22 heavy (non-hydrogen) atoms. The van der Waals surface area contributed by atoms with Crippen molar-refractivity contribution in [3.05, 3.63) is 66.4 Å². The van der Waals surface area contributed by atoms with Crippen LogP contribution in [-0.4, -0.2) is 18.0 Å². The van der Waals surface area contributed by atoms with Gasteiger partial charge in [0.05, 0.1) is 13.5 Å². The summed E-state index contributed by atoms with van der Waals surface area (Å²) in [5.41, 5.74) is 0.971. The van der Waals surface area contributed by atoms with Crippen LogP contribution in [0.15, 0.2) is 60.8 Å². The molecule has 1 aromatic heterocycles. The van der Waals surface area contributed by atoms with Crippen LogP contribution in [0.5, 0.6) is 5.75 Å². The van der Waals surface area contributed by atoms with Gasteiger partial charge in [0.2, 0.25) is 5.91 Å². The van der Waals surface area contributed by atoms with Crippen molar-refractivity contribution in [3.63, 3.8) is 0 Å². The third-order valence-corrected chi connectivity index (χ3v) is 3.41. The summed E-state index contributed by atoms with van der Waals surface area (Å²) < 4.78 is 5.11. The Labute approximate surface area is 128 Å². The van der Waals surface area contributed by atoms with E-state index in [-0.39, 0.29) is 5.91 Å². The maximum Gasteiger partial charge on any atom is 0.229 e. The first-order chi connectivity index (χ1) is 10.7. The topological polar surface area (TPSA) is 51.2 Å². The van der Waals surface area contributed by atoms with Crippen molar-refractivity contribution in [3.8, 4) is 5.75 Å². The van der Waals surface area contributed by atoms with Crippen molar-refractivity contribution in [2.24, 2.45) is 0 Å². The van der Waals surface area contributed by atoms with Crippen LogP contribution in [0, 0.1) is 0 Å². The first-order valence-corrected chi connectivity index (χ1v) is 7.02. The van der Waals surface area contributed by atoms with Crippen LogP contribution in [0.2, 0.25) is 0 Å². The number of nitrogens with one attached hydrogen (secondary N) is 1. The third kappa shape index (κ3) is 3.23. The number of carbonyl (C=O) groups is 1. The molecule has 1 amide bonds. The van der Waals surface area contributed by atoms with Gasteiger partial charge in [-0.2, -0.15) is 0 Å². The lowest BCUT2D eigenvalue weighted by atomic mass is 10.0. The second kappa shape index (κ2) is 6.26.